The van der Waals surface area contributed by atoms with Crippen molar-refractivity contribution in [2.75, 3.05) is 7.11 Å². The SMILES string of the molecule is COC(=O)CCCCCCCCC(C)[Si](C)(C)O[Si](C)(C)O[Si](C)(C)C. The third-order valence-electron chi connectivity index (χ3n) is 4.74. The Balaban J connectivity index is 4.03. The molecule has 1 unspecified atom stereocenters. The fourth-order valence-corrected chi connectivity index (χ4v) is 16.6. The van der Waals surface area contributed by atoms with Gasteiger partial charge in [-0.1, -0.05) is 45.4 Å². The molecule has 0 saturated heterocycles. The van der Waals surface area contributed by atoms with E-state index in [0.29, 0.717) is 12.0 Å². The van der Waals surface area contributed by atoms with E-state index in [0.717, 1.165) is 12.8 Å². The fourth-order valence-electron chi connectivity index (χ4n) is 3.37. The van der Waals surface area contributed by atoms with Crippen LogP contribution < -0.4 is 0 Å². The molecule has 0 aromatic rings. The van der Waals surface area contributed by atoms with Crippen LogP contribution in [-0.2, 0) is 17.8 Å². The zero-order chi connectivity index (χ0) is 20.4. The largest absolute Gasteiger partial charge is 0.469 e. The van der Waals surface area contributed by atoms with Crippen molar-refractivity contribution >= 4 is 31.2 Å². The predicted molar refractivity (Wildman–Crippen MR) is 119 cm³/mol. The molecule has 0 N–H and O–H groups in total. The van der Waals surface area contributed by atoms with Gasteiger partial charge in [-0.2, -0.15) is 0 Å². The summed E-state index contributed by atoms with van der Waals surface area (Å²) in [7, 11) is -3.86. The first-order valence-corrected chi connectivity index (χ1v) is 19.5. The number of methoxy groups -OCH3 is 1. The third-order valence-corrected chi connectivity index (χ3v) is 15.9. The van der Waals surface area contributed by atoms with E-state index in [9.17, 15) is 4.79 Å². The van der Waals surface area contributed by atoms with Gasteiger partial charge in [0.15, 0.2) is 16.6 Å². The molecule has 26 heavy (non-hydrogen) atoms. The van der Waals surface area contributed by atoms with Crippen molar-refractivity contribution in [3.63, 3.8) is 0 Å². The summed E-state index contributed by atoms with van der Waals surface area (Å²) in [6.07, 6.45) is 8.91. The number of unbranched alkanes of at least 4 members (excludes halogenated alkanes) is 5. The lowest BCUT2D eigenvalue weighted by Gasteiger charge is -2.40. The fraction of sp³-hybridized carbons (Fsp3) is 0.947. The van der Waals surface area contributed by atoms with E-state index >= 15 is 0 Å². The molecule has 1 atom stereocenters. The Kier molecular flexibility index (Phi) is 11.8. The lowest BCUT2D eigenvalue weighted by atomic mass is 10.1. The predicted octanol–water partition coefficient (Wildman–Crippen LogP) is 6.45. The molecule has 0 heterocycles. The third kappa shape index (κ3) is 13.2. The van der Waals surface area contributed by atoms with Gasteiger partial charge in [-0.15, -0.1) is 0 Å². The summed E-state index contributed by atoms with van der Waals surface area (Å²) in [6.45, 7) is 18.2. The minimum Gasteiger partial charge on any atom is -0.469 e. The van der Waals surface area contributed by atoms with E-state index in [1.54, 1.807) is 0 Å². The first kappa shape index (κ1) is 26.0. The topological polar surface area (TPSA) is 44.8 Å². The maximum atomic E-state index is 11.1. The molecule has 156 valence electrons. The van der Waals surface area contributed by atoms with E-state index < -0.39 is 25.2 Å². The number of ether oxygens (including phenoxy) is 1. The van der Waals surface area contributed by atoms with E-state index in [1.807, 2.05) is 0 Å². The molecule has 0 aromatic heterocycles. The van der Waals surface area contributed by atoms with Crippen molar-refractivity contribution < 1.29 is 17.8 Å². The zero-order valence-electron chi connectivity index (χ0n) is 18.9. The van der Waals surface area contributed by atoms with Gasteiger partial charge in [0, 0.05) is 6.42 Å². The second-order valence-corrected chi connectivity index (χ2v) is 22.3. The maximum Gasteiger partial charge on any atom is 0.311 e. The van der Waals surface area contributed by atoms with Crippen LogP contribution in [-0.4, -0.2) is 38.3 Å². The second kappa shape index (κ2) is 11.8. The summed E-state index contributed by atoms with van der Waals surface area (Å²) in [5.74, 6) is -0.0874. The van der Waals surface area contributed by atoms with Crippen molar-refractivity contribution in [3.8, 4) is 0 Å². The second-order valence-electron chi connectivity index (χ2n) is 9.46. The summed E-state index contributed by atoms with van der Waals surface area (Å²) in [6, 6.07) is 0. The average Bonchev–Trinajstić information content (AvgIpc) is 2.45. The molecule has 0 aliphatic heterocycles. The van der Waals surface area contributed by atoms with Gasteiger partial charge in [0.05, 0.1) is 7.11 Å². The molecule has 4 nitrogen and oxygen atoms in total. The van der Waals surface area contributed by atoms with Gasteiger partial charge < -0.3 is 13.0 Å². The minimum absolute atomic E-state index is 0.0874. The number of rotatable bonds is 14. The van der Waals surface area contributed by atoms with Crippen LogP contribution in [0, 0.1) is 0 Å². The Morgan fingerprint density at radius 3 is 1.81 bits per heavy atom. The van der Waals surface area contributed by atoms with Crippen LogP contribution in [0.25, 0.3) is 0 Å². The highest BCUT2D eigenvalue weighted by atomic mass is 28.5. The maximum absolute atomic E-state index is 11.1. The lowest BCUT2D eigenvalue weighted by molar-refractivity contribution is -0.140. The molecule has 0 rings (SSSR count). The first-order chi connectivity index (χ1) is 11.8. The van der Waals surface area contributed by atoms with Crippen molar-refractivity contribution in [1.29, 1.82) is 0 Å². The summed E-state index contributed by atoms with van der Waals surface area (Å²) >= 11 is 0. The Morgan fingerprint density at radius 2 is 1.31 bits per heavy atom. The minimum atomic E-state index is -2.03. The van der Waals surface area contributed by atoms with Gasteiger partial charge in [-0.3, -0.25) is 4.79 Å². The molecule has 7 heteroatoms. The van der Waals surface area contributed by atoms with Crippen molar-refractivity contribution in [2.45, 2.75) is 110 Å². The van der Waals surface area contributed by atoms with Crippen LogP contribution in [0.3, 0.4) is 0 Å². The highest BCUT2D eigenvalue weighted by molar-refractivity contribution is 6.87. The van der Waals surface area contributed by atoms with Gasteiger partial charge in [0.25, 0.3) is 0 Å². The van der Waals surface area contributed by atoms with Crippen LogP contribution in [0.4, 0.5) is 0 Å². The molecule has 0 fully saturated rings. The van der Waals surface area contributed by atoms with Gasteiger partial charge in [0.2, 0.25) is 0 Å². The van der Waals surface area contributed by atoms with Crippen LogP contribution in [0.1, 0.15) is 58.3 Å². The lowest BCUT2D eigenvalue weighted by Crippen LogP contribution is -2.52. The molecule has 0 aliphatic rings. The van der Waals surface area contributed by atoms with Crippen LogP contribution >= 0.6 is 0 Å². The summed E-state index contributed by atoms with van der Waals surface area (Å²) in [5.41, 5.74) is 0.652. The number of esters is 1. The zero-order valence-corrected chi connectivity index (χ0v) is 21.9. The van der Waals surface area contributed by atoms with E-state index in [4.69, 9.17) is 8.23 Å². The van der Waals surface area contributed by atoms with Crippen molar-refractivity contribution in [2.24, 2.45) is 0 Å². The van der Waals surface area contributed by atoms with Gasteiger partial charge >= 0.3 is 14.5 Å². The molecule has 0 amide bonds. The van der Waals surface area contributed by atoms with Gasteiger partial charge in [0.1, 0.15) is 0 Å². The first-order valence-electron chi connectivity index (χ1n) is 10.3. The van der Waals surface area contributed by atoms with Crippen LogP contribution in [0.15, 0.2) is 0 Å². The number of carbonyl (C=O) groups is 1. The number of carbonyl (C=O) groups excluding carboxylic acids is 1. The van der Waals surface area contributed by atoms with Gasteiger partial charge in [-0.05, 0) is 57.8 Å². The standard InChI is InChI=1S/C19H44O4Si3/c1-18(16-14-12-10-11-13-15-17-19(20)21-2)25(6,7)23-26(8,9)22-24(3,4)5/h18H,10-17H2,1-9H3. The molecular weight excluding hydrogens is 376 g/mol. The van der Waals surface area contributed by atoms with Crippen molar-refractivity contribution in [3.05, 3.63) is 0 Å². The summed E-state index contributed by atoms with van der Waals surface area (Å²) in [5, 5.41) is 0. The van der Waals surface area contributed by atoms with Crippen LogP contribution in [0.5, 0.6) is 0 Å². The smallest absolute Gasteiger partial charge is 0.311 e. The van der Waals surface area contributed by atoms with E-state index in [1.165, 1.54) is 39.2 Å². The monoisotopic (exact) mass is 420 g/mol. The summed E-state index contributed by atoms with van der Waals surface area (Å²) < 4.78 is 17.7. The molecule has 0 saturated carbocycles. The highest BCUT2D eigenvalue weighted by Crippen LogP contribution is 2.32. The molecule has 0 aromatic carbocycles. The number of hydrogen-bond donors (Lipinski definition) is 0. The molecular formula is C19H44O4Si3. The Labute approximate surface area is 165 Å². The van der Waals surface area contributed by atoms with E-state index in [2.05, 4.69) is 57.5 Å². The quantitative estimate of drug-likeness (QED) is 0.184. The normalized spacial score (nSPS) is 14.3. The number of hydrogen-bond acceptors (Lipinski definition) is 4. The summed E-state index contributed by atoms with van der Waals surface area (Å²) in [4.78, 5) is 11.1. The molecule has 0 radical (unpaired) electrons. The average molecular weight is 421 g/mol. The highest BCUT2D eigenvalue weighted by Gasteiger charge is 2.40. The Hall–Kier alpha value is 0.0406. The molecule has 0 aliphatic carbocycles. The van der Waals surface area contributed by atoms with E-state index in [-0.39, 0.29) is 5.97 Å². The van der Waals surface area contributed by atoms with Crippen molar-refractivity contribution in [1.82, 2.24) is 0 Å². The Bertz CT molecular complexity index is 406. The molecule has 0 bridgehead atoms. The van der Waals surface area contributed by atoms with Crippen LogP contribution in [0.2, 0.25) is 51.4 Å². The Morgan fingerprint density at radius 1 is 0.808 bits per heavy atom. The molecule has 0 spiro atoms. The van der Waals surface area contributed by atoms with Gasteiger partial charge in [-0.25, -0.2) is 0 Å².